The summed E-state index contributed by atoms with van der Waals surface area (Å²) in [5, 5.41) is -0.00784. The predicted molar refractivity (Wildman–Crippen MR) is 103 cm³/mol. The van der Waals surface area contributed by atoms with Crippen LogP contribution in [-0.4, -0.2) is 56.0 Å². The zero-order chi connectivity index (χ0) is 20.0. The van der Waals surface area contributed by atoms with E-state index in [0.717, 1.165) is 11.8 Å². The Labute approximate surface area is 170 Å². The first kappa shape index (κ1) is 21.6. The molecular weight excluding hydrogens is 417 g/mol. The smallest absolute Gasteiger partial charge is 0.343 e. The molecule has 1 aromatic rings. The number of carbonyl (C=O) groups excluding carboxylic acids is 3. The van der Waals surface area contributed by atoms with Crippen molar-refractivity contribution in [2.24, 2.45) is 0 Å². The van der Waals surface area contributed by atoms with Crippen molar-refractivity contribution in [3.8, 4) is 5.75 Å². The Kier molecular flexibility index (Phi) is 7.97. The lowest BCUT2D eigenvalue weighted by Gasteiger charge is -2.11. The summed E-state index contributed by atoms with van der Waals surface area (Å²) in [7, 11) is 2.79. The predicted octanol–water partition coefficient (Wildman–Crippen LogP) is 3.62. The molecule has 1 aliphatic rings. The Morgan fingerprint density at radius 2 is 1.89 bits per heavy atom. The van der Waals surface area contributed by atoms with Crippen molar-refractivity contribution in [2.75, 3.05) is 34.0 Å². The second-order valence-corrected chi connectivity index (χ2v) is 7.17. The Hall–Kier alpha value is -1.74. The van der Waals surface area contributed by atoms with Crippen LogP contribution in [0.25, 0.3) is 6.08 Å². The fraction of sp³-hybridized carbons (Fsp3) is 0.353. The lowest BCUT2D eigenvalue weighted by molar-refractivity contribution is -0.142. The number of nitrogens with zero attached hydrogens (tertiary/aromatic N) is 1. The summed E-state index contributed by atoms with van der Waals surface area (Å²) >= 11 is 13.1. The molecule has 1 aromatic carbocycles. The largest absolute Gasteiger partial charge is 0.479 e. The first-order chi connectivity index (χ1) is 12.9. The van der Waals surface area contributed by atoms with E-state index >= 15 is 0 Å². The average molecular weight is 434 g/mol. The Morgan fingerprint density at radius 3 is 2.48 bits per heavy atom. The Balaban J connectivity index is 2.15. The van der Waals surface area contributed by atoms with E-state index in [4.69, 9.17) is 32.7 Å². The molecule has 27 heavy (non-hydrogen) atoms. The molecular formula is C17H17Cl2NO6S. The molecule has 0 aliphatic carbocycles. The minimum atomic E-state index is -0.576. The first-order valence-electron chi connectivity index (χ1n) is 7.80. The van der Waals surface area contributed by atoms with Crippen molar-refractivity contribution in [1.29, 1.82) is 0 Å². The summed E-state index contributed by atoms with van der Waals surface area (Å²) in [6.07, 6.45) is 2.09. The number of halogens is 2. The second-order valence-electron chi connectivity index (χ2n) is 5.36. The summed E-state index contributed by atoms with van der Waals surface area (Å²) in [4.78, 5) is 37.0. The molecule has 2 rings (SSSR count). The monoisotopic (exact) mass is 433 g/mol. The molecule has 1 fully saturated rings. The SMILES string of the molecule is COCCCN1C(=O)S/C(=C/c2cc(Cl)c(OCC(=O)OC)c(Cl)c2)C1=O. The van der Waals surface area contributed by atoms with Crippen molar-refractivity contribution in [3.05, 3.63) is 32.6 Å². The quantitative estimate of drug-likeness (QED) is 0.351. The molecule has 10 heteroatoms. The molecule has 2 amide bonds. The van der Waals surface area contributed by atoms with Crippen LogP contribution in [0.1, 0.15) is 12.0 Å². The maximum atomic E-state index is 12.4. The van der Waals surface area contributed by atoms with Crippen molar-refractivity contribution in [3.63, 3.8) is 0 Å². The average Bonchev–Trinajstić information content (AvgIpc) is 2.88. The minimum Gasteiger partial charge on any atom is -0.479 e. The van der Waals surface area contributed by atoms with Crippen LogP contribution in [0.5, 0.6) is 5.75 Å². The van der Waals surface area contributed by atoms with E-state index in [9.17, 15) is 14.4 Å². The van der Waals surface area contributed by atoms with Gasteiger partial charge in [0.05, 0.1) is 22.1 Å². The van der Waals surface area contributed by atoms with E-state index in [1.807, 2.05) is 0 Å². The molecule has 1 saturated heterocycles. The number of methoxy groups -OCH3 is 2. The molecule has 146 valence electrons. The fourth-order valence-electron chi connectivity index (χ4n) is 2.20. The third-order valence-corrected chi connectivity index (χ3v) is 4.95. The molecule has 0 aromatic heterocycles. The van der Waals surface area contributed by atoms with Gasteiger partial charge in [0.25, 0.3) is 11.1 Å². The van der Waals surface area contributed by atoms with E-state index in [1.54, 1.807) is 7.11 Å². The van der Waals surface area contributed by atoms with Gasteiger partial charge in [-0.3, -0.25) is 14.5 Å². The number of hydrogen-bond donors (Lipinski definition) is 0. The highest BCUT2D eigenvalue weighted by atomic mass is 35.5. The van der Waals surface area contributed by atoms with Gasteiger partial charge in [0.1, 0.15) is 0 Å². The number of carbonyl (C=O) groups is 3. The highest BCUT2D eigenvalue weighted by molar-refractivity contribution is 8.18. The lowest BCUT2D eigenvalue weighted by atomic mass is 10.2. The van der Waals surface area contributed by atoms with Gasteiger partial charge in [0, 0.05) is 20.3 Å². The molecule has 0 saturated carbocycles. The topological polar surface area (TPSA) is 82.1 Å². The summed E-state index contributed by atoms with van der Waals surface area (Å²) in [6, 6.07) is 3.05. The molecule has 0 spiro atoms. The van der Waals surface area contributed by atoms with Crippen molar-refractivity contribution in [1.82, 2.24) is 4.90 Å². The van der Waals surface area contributed by atoms with E-state index in [1.165, 1.54) is 30.2 Å². The van der Waals surface area contributed by atoms with Gasteiger partial charge >= 0.3 is 5.97 Å². The van der Waals surface area contributed by atoms with Crippen LogP contribution in [0.2, 0.25) is 10.0 Å². The highest BCUT2D eigenvalue weighted by Gasteiger charge is 2.34. The molecule has 0 unspecified atom stereocenters. The van der Waals surface area contributed by atoms with Crippen LogP contribution >= 0.6 is 35.0 Å². The van der Waals surface area contributed by atoms with Crippen LogP contribution in [0.4, 0.5) is 4.79 Å². The number of rotatable bonds is 8. The highest BCUT2D eigenvalue weighted by Crippen LogP contribution is 2.37. The van der Waals surface area contributed by atoms with Gasteiger partial charge in [-0.15, -0.1) is 0 Å². The molecule has 0 radical (unpaired) electrons. The maximum absolute atomic E-state index is 12.4. The number of amides is 2. The number of hydrogen-bond acceptors (Lipinski definition) is 7. The number of benzene rings is 1. The second kappa shape index (κ2) is 9.98. The standard InChI is InChI=1S/C17H17Cl2NO6S/c1-24-5-3-4-20-16(22)13(27-17(20)23)8-10-6-11(18)15(12(19)7-10)26-9-14(21)25-2/h6-8H,3-5,9H2,1-2H3/b13-8+. The number of thioether (sulfide) groups is 1. The molecule has 0 bridgehead atoms. The number of imide groups is 1. The third-order valence-electron chi connectivity index (χ3n) is 3.48. The van der Waals surface area contributed by atoms with Crippen LogP contribution in [0.15, 0.2) is 17.0 Å². The van der Waals surface area contributed by atoms with E-state index < -0.39 is 5.97 Å². The van der Waals surface area contributed by atoms with Crippen LogP contribution in [0.3, 0.4) is 0 Å². The van der Waals surface area contributed by atoms with E-state index in [2.05, 4.69) is 4.74 Å². The number of ether oxygens (including phenoxy) is 3. The first-order valence-corrected chi connectivity index (χ1v) is 9.37. The maximum Gasteiger partial charge on any atom is 0.343 e. The lowest BCUT2D eigenvalue weighted by Crippen LogP contribution is -2.29. The molecule has 1 heterocycles. The number of esters is 1. The van der Waals surface area contributed by atoms with Gasteiger partial charge in [0.2, 0.25) is 0 Å². The normalized spacial score (nSPS) is 15.6. The van der Waals surface area contributed by atoms with Gasteiger partial charge < -0.3 is 14.2 Å². The van der Waals surface area contributed by atoms with Crippen molar-refractivity contribution in [2.45, 2.75) is 6.42 Å². The van der Waals surface area contributed by atoms with Crippen molar-refractivity contribution >= 4 is 58.2 Å². The molecule has 0 N–H and O–H groups in total. The zero-order valence-corrected chi connectivity index (χ0v) is 16.9. The summed E-state index contributed by atoms with van der Waals surface area (Å²) < 4.78 is 14.7. The van der Waals surface area contributed by atoms with Gasteiger partial charge in [-0.2, -0.15) is 0 Å². The molecule has 1 aliphatic heterocycles. The summed E-state index contributed by atoms with van der Waals surface area (Å²) in [5.41, 5.74) is 0.526. The Bertz CT molecular complexity index is 760. The van der Waals surface area contributed by atoms with Gasteiger partial charge in [-0.05, 0) is 42.0 Å². The van der Waals surface area contributed by atoms with Gasteiger partial charge in [-0.1, -0.05) is 23.2 Å². The van der Waals surface area contributed by atoms with Crippen LogP contribution < -0.4 is 4.74 Å². The fourth-order valence-corrected chi connectivity index (χ4v) is 3.68. The van der Waals surface area contributed by atoms with Crippen LogP contribution in [-0.2, 0) is 19.1 Å². The van der Waals surface area contributed by atoms with Gasteiger partial charge in [-0.25, -0.2) is 4.79 Å². The molecule has 0 atom stereocenters. The third kappa shape index (κ3) is 5.62. The van der Waals surface area contributed by atoms with E-state index in [0.29, 0.717) is 18.6 Å². The van der Waals surface area contributed by atoms with Crippen molar-refractivity contribution < 1.29 is 28.6 Å². The van der Waals surface area contributed by atoms with Gasteiger partial charge in [0.15, 0.2) is 12.4 Å². The van der Waals surface area contributed by atoms with Crippen LogP contribution in [0, 0.1) is 0 Å². The van der Waals surface area contributed by atoms with E-state index in [-0.39, 0.29) is 45.0 Å². The summed E-state index contributed by atoms with van der Waals surface area (Å²) in [6.45, 7) is 0.409. The minimum absolute atomic E-state index is 0.133. The molecule has 7 nitrogen and oxygen atoms in total. The summed E-state index contributed by atoms with van der Waals surface area (Å²) in [5.74, 6) is -0.818. The zero-order valence-electron chi connectivity index (χ0n) is 14.6. The Morgan fingerprint density at radius 1 is 1.22 bits per heavy atom.